The molecule has 5 rings (SSSR count). The molecule has 176 valence electrons. The van der Waals surface area contributed by atoms with Crippen molar-refractivity contribution in [2.24, 2.45) is 50.2 Å². The van der Waals surface area contributed by atoms with Gasteiger partial charge >= 0.3 is 0 Å². The first kappa shape index (κ1) is 22.5. The second kappa shape index (κ2) is 6.43. The molecule has 0 unspecified atom stereocenters. The highest BCUT2D eigenvalue weighted by Gasteiger charge is 2.68. The minimum absolute atomic E-state index is 0.0407. The summed E-state index contributed by atoms with van der Waals surface area (Å²) in [5.74, 6) is 2.24. The van der Waals surface area contributed by atoms with Crippen molar-refractivity contribution in [3.63, 3.8) is 0 Å². The Hall–Kier alpha value is -0.300. The summed E-state index contributed by atoms with van der Waals surface area (Å²) < 4.78 is 0. The van der Waals surface area contributed by atoms with E-state index in [1.807, 2.05) is 5.57 Å². The molecule has 0 aromatic carbocycles. The minimum atomic E-state index is -0.132. The van der Waals surface area contributed by atoms with Crippen molar-refractivity contribution >= 4 is 0 Å². The molecular weight excluding hydrogens is 376 g/mol. The summed E-state index contributed by atoms with van der Waals surface area (Å²) in [6.45, 7) is 20.6. The van der Waals surface area contributed by atoms with Gasteiger partial charge in [0, 0.05) is 0 Å². The molecule has 4 saturated carbocycles. The van der Waals surface area contributed by atoms with Gasteiger partial charge in [-0.2, -0.15) is 0 Å². The fraction of sp³-hybridized carbons (Fsp3) is 0.933. The van der Waals surface area contributed by atoms with E-state index in [1.54, 1.807) is 0 Å². The van der Waals surface area contributed by atoms with Crippen molar-refractivity contribution < 1.29 is 5.11 Å². The fourth-order valence-electron chi connectivity index (χ4n) is 10.8. The molecule has 5 aliphatic carbocycles. The monoisotopic (exact) mass is 426 g/mol. The molecule has 0 spiro atoms. The molecule has 0 radical (unpaired) electrons. The Bertz CT molecular complexity index is 790. The lowest BCUT2D eigenvalue weighted by molar-refractivity contribution is -0.205. The highest BCUT2D eigenvalue weighted by molar-refractivity contribution is 5.33. The highest BCUT2D eigenvalue weighted by Crippen LogP contribution is 2.76. The van der Waals surface area contributed by atoms with E-state index in [0.29, 0.717) is 33.0 Å². The Morgan fingerprint density at radius 1 is 0.710 bits per heavy atom. The Labute approximate surface area is 192 Å². The molecule has 0 aliphatic heterocycles. The number of allylic oxidation sites excluding steroid dienone is 2. The van der Waals surface area contributed by atoms with Crippen molar-refractivity contribution in [3.05, 3.63) is 11.6 Å². The van der Waals surface area contributed by atoms with Gasteiger partial charge in [-0.1, -0.05) is 73.5 Å². The van der Waals surface area contributed by atoms with Crippen LogP contribution in [0, 0.1) is 50.2 Å². The Morgan fingerprint density at radius 2 is 1.39 bits per heavy atom. The molecule has 0 saturated heterocycles. The van der Waals surface area contributed by atoms with Gasteiger partial charge in [0.25, 0.3) is 0 Å². The summed E-state index contributed by atoms with van der Waals surface area (Å²) in [5, 5.41) is 10.9. The van der Waals surface area contributed by atoms with Gasteiger partial charge in [0.15, 0.2) is 0 Å². The molecule has 0 amide bonds. The third-order valence-electron chi connectivity index (χ3n) is 13.6. The zero-order valence-corrected chi connectivity index (χ0v) is 21.9. The zero-order chi connectivity index (χ0) is 22.7. The van der Waals surface area contributed by atoms with E-state index in [4.69, 9.17) is 0 Å². The quantitative estimate of drug-likeness (QED) is 0.387. The van der Waals surface area contributed by atoms with Crippen molar-refractivity contribution in [1.29, 1.82) is 0 Å². The van der Waals surface area contributed by atoms with Crippen LogP contribution in [0.5, 0.6) is 0 Å². The van der Waals surface area contributed by atoms with Crippen LogP contribution in [0.25, 0.3) is 0 Å². The average Bonchev–Trinajstić information content (AvgIpc) is 2.68. The number of hydrogen-bond acceptors (Lipinski definition) is 1. The first-order chi connectivity index (χ1) is 14.2. The first-order valence-electron chi connectivity index (χ1n) is 13.6. The van der Waals surface area contributed by atoms with Crippen LogP contribution < -0.4 is 0 Å². The van der Waals surface area contributed by atoms with E-state index in [1.165, 1.54) is 57.8 Å². The molecule has 1 heteroatoms. The van der Waals surface area contributed by atoms with E-state index < -0.39 is 0 Å². The van der Waals surface area contributed by atoms with E-state index in [2.05, 4.69) is 61.5 Å². The molecule has 4 fully saturated rings. The Kier molecular flexibility index (Phi) is 4.66. The molecular formula is C30H50O. The highest BCUT2D eigenvalue weighted by atomic mass is 16.3. The van der Waals surface area contributed by atoms with E-state index in [-0.39, 0.29) is 11.5 Å². The normalized spacial score (nSPS) is 55.2. The maximum atomic E-state index is 10.9. The first-order valence-corrected chi connectivity index (χ1v) is 13.6. The number of fused-ring (bicyclic) bond motifs is 7. The van der Waals surface area contributed by atoms with Crippen molar-refractivity contribution in [2.45, 2.75) is 126 Å². The maximum absolute atomic E-state index is 10.9. The van der Waals surface area contributed by atoms with Crippen LogP contribution in [0.1, 0.15) is 120 Å². The molecule has 8 atom stereocenters. The van der Waals surface area contributed by atoms with Crippen LogP contribution in [-0.4, -0.2) is 11.2 Å². The lowest BCUT2D eigenvalue weighted by Crippen LogP contribution is -2.64. The number of hydrogen-bond donors (Lipinski definition) is 1. The zero-order valence-electron chi connectivity index (χ0n) is 21.9. The third-order valence-corrected chi connectivity index (χ3v) is 13.6. The molecule has 31 heavy (non-hydrogen) atoms. The van der Waals surface area contributed by atoms with Gasteiger partial charge < -0.3 is 5.11 Å². The predicted molar refractivity (Wildman–Crippen MR) is 131 cm³/mol. The van der Waals surface area contributed by atoms with Crippen molar-refractivity contribution in [3.8, 4) is 0 Å². The largest absolute Gasteiger partial charge is 0.393 e. The average molecular weight is 427 g/mol. The van der Waals surface area contributed by atoms with Crippen LogP contribution in [0.4, 0.5) is 0 Å². The maximum Gasteiger partial charge on any atom is 0.0594 e. The van der Waals surface area contributed by atoms with Crippen LogP contribution >= 0.6 is 0 Å². The van der Waals surface area contributed by atoms with Gasteiger partial charge in [0.1, 0.15) is 0 Å². The molecule has 0 heterocycles. The van der Waals surface area contributed by atoms with Crippen molar-refractivity contribution in [1.82, 2.24) is 0 Å². The summed E-state index contributed by atoms with van der Waals surface area (Å²) in [6.07, 6.45) is 15.9. The fourth-order valence-corrected chi connectivity index (χ4v) is 10.8. The van der Waals surface area contributed by atoms with Gasteiger partial charge in [0.2, 0.25) is 0 Å². The van der Waals surface area contributed by atoms with Gasteiger partial charge in [-0.25, -0.2) is 0 Å². The minimum Gasteiger partial charge on any atom is -0.393 e. The van der Waals surface area contributed by atoms with Crippen LogP contribution in [0.3, 0.4) is 0 Å². The van der Waals surface area contributed by atoms with Crippen molar-refractivity contribution in [2.75, 3.05) is 0 Å². The molecule has 0 bridgehead atoms. The molecule has 0 aromatic rings. The summed E-state index contributed by atoms with van der Waals surface area (Å²) in [5.41, 5.74) is 3.98. The lowest BCUT2D eigenvalue weighted by atomic mass is 9.32. The summed E-state index contributed by atoms with van der Waals surface area (Å²) >= 11 is 0. The summed E-state index contributed by atoms with van der Waals surface area (Å²) in [7, 11) is 0. The smallest absolute Gasteiger partial charge is 0.0594 e. The molecule has 1 N–H and O–H groups in total. The third kappa shape index (κ3) is 2.54. The molecule has 5 aliphatic rings. The molecule has 1 nitrogen and oxygen atoms in total. The van der Waals surface area contributed by atoms with E-state index in [9.17, 15) is 5.11 Å². The topological polar surface area (TPSA) is 20.2 Å². The van der Waals surface area contributed by atoms with E-state index in [0.717, 1.165) is 18.3 Å². The number of aliphatic hydroxyl groups is 1. The standard InChI is InChI=1S/C30H50O/c1-25(2)15-9-10-23-29(25,7)19-18-28(6)21-11-12-22-26(3,4)24(31)14-16-27(22,5)20(21)13-17-30(23,28)8/h13,21-24,31H,9-12,14-19H2,1-8H3/t21-,22-,23+,24-,27+,28+,29-,30-/m0/s1. The van der Waals surface area contributed by atoms with Crippen LogP contribution in [0.15, 0.2) is 11.6 Å². The van der Waals surface area contributed by atoms with Crippen LogP contribution in [-0.2, 0) is 0 Å². The Balaban J connectivity index is 1.58. The van der Waals surface area contributed by atoms with Gasteiger partial charge in [-0.15, -0.1) is 0 Å². The van der Waals surface area contributed by atoms with Gasteiger partial charge in [0.05, 0.1) is 6.10 Å². The summed E-state index contributed by atoms with van der Waals surface area (Å²) in [4.78, 5) is 0. The van der Waals surface area contributed by atoms with E-state index >= 15 is 0 Å². The second-order valence-electron chi connectivity index (χ2n) is 14.9. The number of rotatable bonds is 0. The predicted octanol–water partition coefficient (Wildman–Crippen LogP) is 8.17. The van der Waals surface area contributed by atoms with Crippen LogP contribution in [0.2, 0.25) is 0 Å². The SMILES string of the molecule is CC1(C)[C@@H](O)CC[C@]2(C)C3=CC[C@@]4(C)[C@@H]5CCCC(C)(C)[C@@]5(C)CC[C@]4(C)[C@H]3CC[C@@H]12. The Morgan fingerprint density at radius 3 is 2.10 bits per heavy atom. The number of aliphatic hydroxyl groups excluding tert-OH is 1. The second-order valence-corrected chi connectivity index (χ2v) is 14.9. The lowest BCUT2D eigenvalue weighted by Gasteiger charge is -2.72. The van der Waals surface area contributed by atoms with Gasteiger partial charge in [-0.05, 0) is 108 Å². The summed E-state index contributed by atoms with van der Waals surface area (Å²) in [6, 6.07) is 0. The van der Waals surface area contributed by atoms with Gasteiger partial charge in [-0.3, -0.25) is 0 Å². The molecule has 0 aromatic heterocycles.